The van der Waals surface area contributed by atoms with Crippen LogP contribution in [0.15, 0.2) is 36.2 Å². The smallest absolute Gasteiger partial charge is 0.325 e. The van der Waals surface area contributed by atoms with Crippen molar-refractivity contribution >= 4 is 23.6 Å². The van der Waals surface area contributed by atoms with Crippen LogP contribution in [0, 0.1) is 11.8 Å². The van der Waals surface area contributed by atoms with Crippen molar-refractivity contribution in [2.24, 2.45) is 11.8 Å². The predicted octanol–water partition coefficient (Wildman–Crippen LogP) is 3.20. The zero-order valence-corrected chi connectivity index (χ0v) is 21.6. The first kappa shape index (κ1) is 25.9. The van der Waals surface area contributed by atoms with Crippen molar-refractivity contribution in [1.82, 2.24) is 20.1 Å². The fourth-order valence-corrected chi connectivity index (χ4v) is 5.43. The van der Waals surface area contributed by atoms with Gasteiger partial charge in [0.2, 0.25) is 0 Å². The van der Waals surface area contributed by atoms with Gasteiger partial charge in [-0.15, -0.1) is 0 Å². The van der Waals surface area contributed by atoms with Gasteiger partial charge in [-0.25, -0.2) is 4.79 Å². The molecule has 0 bridgehead atoms. The van der Waals surface area contributed by atoms with Crippen LogP contribution in [0.4, 0.5) is 4.79 Å². The molecular weight excluding hydrogens is 460 g/mol. The van der Waals surface area contributed by atoms with E-state index in [2.05, 4.69) is 24.1 Å². The van der Waals surface area contributed by atoms with Crippen LogP contribution < -0.4 is 5.32 Å². The second-order valence-electron chi connectivity index (χ2n) is 11.1. The van der Waals surface area contributed by atoms with E-state index < -0.39 is 17.2 Å². The number of nitrogens with one attached hydrogen (secondary N) is 1. The van der Waals surface area contributed by atoms with Crippen LogP contribution in [-0.4, -0.2) is 62.6 Å². The van der Waals surface area contributed by atoms with Crippen molar-refractivity contribution in [2.75, 3.05) is 13.1 Å². The first-order valence-corrected chi connectivity index (χ1v) is 12.8. The highest BCUT2D eigenvalue weighted by Crippen LogP contribution is 2.39. The molecule has 0 saturated carbocycles. The number of ketones is 1. The molecule has 2 saturated heterocycles. The number of hydrogen-bond acceptors (Lipinski definition) is 6. The van der Waals surface area contributed by atoms with Gasteiger partial charge >= 0.3 is 6.03 Å². The van der Waals surface area contributed by atoms with Crippen molar-refractivity contribution in [3.63, 3.8) is 0 Å². The lowest BCUT2D eigenvalue weighted by molar-refractivity contribution is -0.140. The summed E-state index contributed by atoms with van der Waals surface area (Å²) in [5.74, 6) is -0.293. The molecule has 9 heteroatoms. The van der Waals surface area contributed by atoms with Crippen molar-refractivity contribution in [2.45, 2.75) is 77.5 Å². The number of pyridine rings is 1. The van der Waals surface area contributed by atoms with E-state index in [0.29, 0.717) is 44.0 Å². The average molecular weight is 497 g/mol. The van der Waals surface area contributed by atoms with E-state index in [1.165, 1.54) is 11.0 Å². The van der Waals surface area contributed by atoms with Gasteiger partial charge in [0.15, 0.2) is 11.5 Å². The summed E-state index contributed by atoms with van der Waals surface area (Å²) in [4.78, 5) is 59.2. The molecule has 1 unspecified atom stereocenters. The molecule has 9 nitrogen and oxygen atoms in total. The Hall–Kier alpha value is -3.23. The second kappa shape index (κ2) is 10.0. The van der Waals surface area contributed by atoms with E-state index in [9.17, 15) is 19.2 Å². The van der Waals surface area contributed by atoms with Gasteiger partial charge in [-0.05, 0) is 63.5 Å². The molecule has 4 amide bonds. The molecular formula is C27H36N4O5. The van der Waals surface area contributed by atoms with Crippen LogP contribution in [0.1, 0.15) is 65.5 Å². The lowest BCUT2D eigenvalue weighted by Gasteiger charge is -2.41. The zero-order valence-electron chi connectivity index (χ0n) is 21.6. The fraction of sp³-hybridized carbons (Fsp3) is 0.593. The van der Waals surface area contributed by atoms with Gasteiger partial charge in [0.1, 0.15) is 11.1 Å². The number of nitrogens with zero attached hydrogens (tertiary/aromatic N) is 3. The third-order valence-electron chi connectivity index (χ3n) is 7.33. The molecule has 1 aromatic rings. The van der Waals surface area contributed by atoms with Crippen LogP contribution in [0.25, 0.3) is 0 Å². The first-order valence-electron chi connectivity index (χ1n) is 12.8. The quantitative estimate of drug-likeness (QED) is 0.581. The molecule has 1 atom stereocenters. The molecule has 3 aliphatic rings. The number of imide groups is 1. The van der Waals surface area contributed by atoms with Crippen LogP contribution in [0.5, 0.6) is 0 Å². The van der Waals surface area contributed by atoms with E-state index in [4.69, 9.17) is 4.74 Å². The standard InChI is InChI=1S/C27H36N4O5/c1-18(2)8-11-27(24(34)31(25(35)29-27)17-20-7-5-6-12-28-20)19-9-13-30(14-10-19)23(33)22-15-21(32)16-26(3,4)36-22/h5-7,12,15,18-19H,8-11,13-14,16-17H2,1-4H3,(H,29,35). The lowest BCUT2D eigenvalue weighted by atomic mass is 9.73. The number of aromatic nitrogens is 1. The van der Waals surface area contributed by atoms with Crippen molar-refractivity contribution < 1.29 is 23.9 Å². The molecule has 1 aromatic heterocycles. The number of amides is 4. The number of carbonyl (C=O) groups is 4. The van der Waals surface area contributed by atoms with Crippen LogP contribution in [0.3, 0.4) is 0 Å². The summed E-state index contributed by atoms with van der Waals surface area (Å²) in [6.07, 6.45) is 5.65. The van der Waals surface area contributed by atoms with Crippen molar-refractivity contribution in [3.05, 3.63) is 41.9 Å². The molecule has 1 N–H and O–H groups in total. The summed E-state index contributed by atoms with van der Waals surface area (Å²) in [7, 11) is 0. The van der Waals surface area contributed by atoms with Crippen LogP contribution >= 0.6 is 0 Å². The molecule has 0 aromatic carbocycles. The predicted molar refractivity (Wildman–Crippen MR) is 132 cm³/mol. The molecule has 0 spiro atoms. The summed E-state index contributed by atoms with van der Waals surface area (Å²) in [6, 6.07) is 5.03. The Balaban J connectivity index is 1.49. The van der Waals surface area contributed by atoms with Gasteiger partial charge in [0.05, 0.1) is 12.2 Å². The second-order valence-corrected chi connectivity index (χ2v) is 11.1. The molecule has 4 rings (SSSR count). The fourth-order valence-electron chi connectivity index (χ4n) is 5.43. The number of rotatable bonds is 7. The number of carbonyl (C=O) groups excluding carboxylic acids is 4. The molecule has 0 aliphatic carbocycles. The van der Waals surface area contributed by atoms with Crippen molar-refractivity contribution in [3.8, 4) is 0 Å². The number of piperidine rings is 1. The monoisotopic (exact) mass is 496 g/mol. The highest BCUT2D eigenvalue weighted by atomic mass is 16.5. The molecule has 2 fully saturated rings. The van der Waals surface area contributed by atoms with Crippen LogP contribution in [-0.2, 0) is 25.7 Å². The van der Waals surface area contributed by atoms with E-state index in [1.54, 1.807) is 37.1 Å². The highest BCUT2D eigenvalue weighted by Gasteiger charge is 2.55. The number of ether oxygens (including phenoxy) is 1. The minimum atomic E-state index is -0.996. The largest absolute Gasteiger partial charge is 0.481 e. The van der Waals surface area contributed by atoms with Gasteiger partial charge in [0, 0.05) is 31.8 Å². The third-order valence-corrected chi connectivity index (χ3v) is 7.33. The van der Waals surface area contributed by atoms with Gasteiger partial charge in [-0.1, -0.05) is 19.9 Å². The van der Waals surface area contributed by atoms with Crippen LogP contribution in [0.2, 0.25) is 0 Å². The van der Waals surface area contributed by atoms with E-state index in [0.717, 1.165) is 6.42 Å². The Bertz CT molecular complexity index is 1060. The Morgan fingerprint density at radius 3 is 2.53 bits per heavy atom. The number of urea groups is 1. The first-order chi connectivity index (χ1) is 17.0. The normalized spacial score (nSPS) is 24.6. The molecule has 0 radical (unpaired) electrons. The molecule has 3 aliphatic heterocycles. The summed E-state index contributed by atoms with van der Waals surface area (Å²) >= 11 is 0. The molecule has 4 heterocycles. The highest BCUT2D eigenvalue weighted by molar-refractivity contribution is 6.07. The number of hydrogen-bond donors (Lipinski definition) is 1. The topological polar surface area (TPSA) is 109 Å². The SMILES string of the molecule is CC(C)CCC1(C2CCN(C(=O)C3=CC(=O)CC(C)(C)O3)CC2)NC(=O)N(Cc2ccccn2)C1=O. The maximum Gasteiger partial charge on any atom is 0.325 e. The van der Waals surface area contributed by atoms with E-state index in [1.807, 2.05) is 6.07 Å². The number of allylic oxidation sites excluding steroid dienone is 1. The van der Waals surface area contributed by atoms with Gasteiger partial charge in [-0.2, -0.15) is 0 Å². The Labute approximate surface area is 212 Å². The Morgan fingerprint density at radius 2 is 1.92 bits per heavy atom. The average Bonchev–Trinajstić information content (AvgIpc) is 3.07. The van der Waals surface area contributed by atoms with E-state index >= 15 is 0 Å². The molecule has 36 heavy (non-hydrogen) atoms. The maximum absolute atomic E-state index is 13.8. The summed E-state index contributed by atoms with van der Waals surface area (Å²) in [5, 5.41) is 3.06. The Kier molecular flexibility index (Phi) is 7.20. The van der Waals surface area contributed by atoms with E-state index in [-0.39, 0.29) is 42.2 Å². The van der Waals surface area contributed by atoms with Crippen molar-refractivity contribution in [1.29, 1.82) is 0 Å². The lowest BCUT2D eigenvalue weighted by Crippen LogP contribution is -2.57. The maximum atomic E-state index is 13.8. The molecule has 194 valence electrons. The van der Waals surface area contributed by atoms with Gasteiger partial charge in [-0.3, -0.25) is 24.3 Å². The Morgan fingerprint density at radius 1 is 1.19 bits per heavy atom. The third kappa shape index (κ3) is 5.29. The zero-order chi connectivity index (χ0) is 26.1. The van der Waals surface area contributed by atoms with Gasteiger partial charge < -0.3 is 15.0 Å². The minimum absolute atomic E-state index is 0.0796. The van der Waals surface area contributed by atoms with Gasteiger partial charge in [0.25, 0.3) is 11.8 Å². The number of likely N-dealkylation sites (tertiary alicyclic amines) is 1. The summed E-state index contributed by atoms with van der Waals surface area (Å²) in [5.41, 5.74) is -1.06. The minimum Gasteiger partial charge on any atom is -0.481 e. The summed E-state index contributed by atoms with van der Waals surface area (Å²) < 4.78 is 5.80. The summed E-state index contributed by atoms with van der Waals surface area (Å²) in [6.45, 7) is 8.76.